The fourth-order valence-electron chi connectivity index (χ4n) is 2.43. The first-order valence-corrected chi connectivity index (χ1v) is 10.1. The van der Waals surface area contributed by atoms with E-state index in [9.17, 15) is 0 Å². The first kappa shape index (κ1) is 17.0. The van der Waals surface area contributed by atoms with Gasteiger partial charge in [0.25, 0.3) is 0 Å². The van der Waals surface area contributed by atoms with Crippen molar-refractivity contribution in [3.63, 3.8) is 0 Å². The van der Waals surface area contributed by atoms with Gasteiger partial charge in [0.1, 0.15) is 5.75 Å². The highest BCUT2D eigenvalue weighted by Gasteiger charge is 2.28. The molecular formula is C17H28O2Si. The number of methoxy groups -OCH3 is 1. The summed E-state index contributed by atoms with van der Waals surface area (Å²) in [4.78, 5) is 0. The summed E-state index contributed by atoms with van der Waals surface area (Å²) in [5.74, 6) is 0.899. The molecule has 0 N–H and O–H groups in total. The van der Waals surface area contributed by atoms with Gasteiger partial charge in [0.05, 0.1) is 13.7 Å². The van der Waals surface area contributed by atoms with Gasteiger partial charge in [-0.2, -0.15) is 0 Å². The molecule has 0 radical (unpaired) electrons. The Bertz CT molecular complexity index is 416. The Morgan fingerprint density at radius 1 is 1.15 bits per heavy atom. The number of ether oxygens (including phenoxy) is 1. The summed E-state index contributed by atoms with van der Waals surface area (Å²) in [7, 11) is 0.194. The van der Waals surface area contributed by atoms with Crippen molar-refractivity contribution in [2.45, 2.75) is 45.3 Å². The highest BCUT2D eigenvalue weighted by Crippen LogP contribution is 2.23. The second-order valence-corrected chi connectivity index (χ2v) is 10.1. The van der Waals surface area contributed by atoms with Crippen LogP contribution in [-0.4, -0.2) is 22.0 Å². The molecule has 2 nitrogen and oxygen atoms in total. The van der Waals surface area contributed by atoms with Gasteiger partial charge in [0.15, 0.2) is 8.32 Å². The van der Waals surface area contributed by atoms with Gasteiger partial charge in [-0.1, -0.05) is 39.5 Å². The maximum atomic E-state index is 6.28. The minimum absolute atomic E-state index is 0.693. The van der Waals surface area contributed by atoms with Gasteiger partial charge in [-0.15, -0.1) is 0 Å². The topological polar surface area (TPSA) is 18.5 Å². The predicted molar refractivity (Wildman–Crippen MR) is 89.0 cm³/mol. The molecule has 1 rings (SSSR count). The zero-order chi connectivity index (χ0) is 15.0. The van der Waals surface area contributed by atoms with Crippen LogP contribution in [0.3, 0.4) is 0 Å². The minimum Gasteiger partial charge on any atom is -0.497 e. The van der Waals surface area contributed by atoms with Crippen LogP contribution < -0.4 is 4.74 Å². The lowest BCUT2D eigenvalue weighted by Crippen LogP contribution is -2.36. The fourth-order valence-corrected chi connectivity index (χ4v) is 5.06. The number of hydrogen-bond acceptors (Lipinski definition) is 2. The molecule has 0 saturated heterocycles. The molecule has 1 aromatic carbocycles. The molecule has 20 heavy (non-hydrogen) atoms. The van der Waals surface area contributed by atoms with E-state index < -0.39 is 8.32 Å². The van der Waals surface area contributed by atoms with Crippen LogP contribution in [-0.2, 0) is 10.8 Å². The SMILES string of the molecule is C=C(CO[Si](CC)(CC)CC)Cc1cccc(OC)c1. The highest BCUT2D eigenvalue weighted by atomic mass is 28.4. The Morgan fingerprint density at radius 3 is 2.35 bits per heavy atom. The van der Waals surface area contributed by atoms with Gasteiger partial charge >= 0.3 is 0 Å². The zero-order valence-electron chi connectivity index (χ0n) is 13.4. The van der Waals surface area contributed by atoms with Gasteiger partial charge in [0.2, 0.25) is 0 Å². The van der Waals surface area contributed by atoms with Crippen molar-refractivity contribution in [1.29, 1.82) is 0 Å². The standard InChI is InChI=1S/C17H28O2Si/c1-6-20(7-2,8-3)19-14-15(4)12-16-10-9-11-17(13-16)18-5/h9-11,13H,4,6-8,12,14H2,1-3,5H3. The van der Waals surface area contributed by atoms with Crippen LogP contribution in [0.2, 0.25) is 18.1 Å². The lowest BCUT2D eigenvalue weighted by Gasteiger charge is -2.28. The second kappa shape index (κ2) is 8.27. The Hall–Kier alpha value is -1.06. The molecule has 0 aliphatic rings. The first-order valence-electron chi connectivity index (χ1n) is 7.52. The predicted octanol–water partition coefficient (Wildman–Crippen LogP) is 4.82. The monoisotopic (exact) mass is 292 g/mol. The van der Waals surface area contributed by atoms with E-state index in [4.69, 9.17) is 9.16 Å². The molecule has 112 valence electrons. The molecule has 1 aromatic rings. The molecule has 0 aromatic heterocycles. The molecule has 0 saturated carbocycles. The number of benzene rings is 1. The summed E-state index contributed by atoms with van der Waals surface area (Å²) in [6, 6.07) is 11.7. The van der Waals surface area contributed by atoms with E-state index in [1.807, 2.05) is 12.1 Å². The summed E-state index contributed by atoms with van der Waals surface area (Å²) >= 11 is 0. The van der Waals surface area contributed by atoms with Crippen LogP contribution in [0.15, 0.2) is 36.4 Å². The van der Waals surface area contributed by atoms with E-state index in [-0.39, 0.29) is 0 Å². The van der Waals surface area contributed by atoms with Crippen molar-refractivity contribution < 1.29 is 9.16 Å². The van der Waals surface area contributed by atoms with Crippen LogP contribution in [0, 0.1) is 0 Å². The molecule has 0 aliphatic carbocycles. The van der Waals surface area contributed by atoms with Crippen molar-refractivity contribution in [2.75, 3.05) is 13.7 Å². The Kier molecular flexibility index (Phi) is 7.03. The van der Waals surface area contributed by atoms with E-state index in [0.29, 0.717) is 6.61 Å². The van der Waals surface area contributed by atoms with Gasteiger partial charge < -0.3 is 9.16 Å². The molecular weight excluding hydrogens is 264 g/mol. The third-order valence-electron chi connectivity index (χ3n) is 4.10. The molecule has 0 unspecified atom stereocenters. The molecule has 0 aliphatic heterocycles. The third kappa shape index (κ3) is 4.80. The molecule has 0 spiro atoms. The lowest BCUT2D eigenvalue weighted by molar-refractivity contribution is 0.330. The average Bonchev–Trinajstić information content (AvgIpc) is 2.49. The van der Waals surface area contributed by atoms with Crippen LogP contribution >= 0.6 is 0 Å². The summed E-state index contributed by atoms with van der Waals surface area (Å²) < 4.78 is 11.5. The summed E-state index contributed by atoms with van der Waals surface area (Å²) in [5.41, 5.74) is 2.38. The third-order valence-corrected chi connectivity index (χ3v) is 8.73. The molecule has 3 heteroatoms. The van der Waals surface area contributed by atoms with E-state index in [0.717, 1.165) is 17.7 Å². The first-order chi connectivity index (χ1) is 9.59. The summed E-state index contributed by atoms with van der Waals surface area (Å²) in [6.07, 6.45) is 0.860. The van der Waals surface area contributed by atoms with Crippen molar-refractivity contribution in [2.24, 2.45) is 0 Å². The maximum Gasteiger partial charge on any atom is 0.192 e. The Balaban J connectivity index is 2.55. The largest absolute Gasteiger partial charge is 0.497 e. The van der Waals surface area contributed by atoms with Crippen molar-refractivity contribution in [1.82, 2.24) is 0 Å². The van der Waals surface area contributed by atoms with Crippen molar-refractivity contribution in [3.8, 4) is 5.75 Å². The maximum absolute atomic E-state index is 6.28. The van der Waals surface area contributed by atoms with Crippen molar-refractivity contribution >= 4 is 8.32 Å². The molecule has 0 bridgehead atoms. The van der Waals surface area contributed by atoms with E-state index in [1.54, 1.807) is 7.11 Å². The quantitative estimate of drug-likeness (QED) is 0.480. The second-order valence-electron chi connectivity index (χ2n) is 5.31. The normalized spacial score (nSPS) is 11.4. The van der Waals surface area contributed by atoms with Gasteiger partial charge in [-0.05, 0) is 47.8 Å². The van der Waals surface area contributed by atoms with E-state index in [2.05, 4.69) is 39.5 Å². The minimum atomic E-state index is -1.50. The Labute approximate surface area is 124 Å². The van der Waals surface area contributed by atoms with Gasteiger partial charge in [0, 0.05) is 0 Å². The van der Waals surface area contributed by atoms with E-state index >= 15 is 0 Å². The summed E-state index contributed by atoms with van der Waals surface area (Å²) in [6.45, 7) is 11.6. The smallest absolute Gasteiger partial charge is 0.192 e. The van der Waals surface area contributed by atoms with Crippen LogP contribution in [0.4, 0.5) is 0 Å². The summed E-state index contributed by atoms with van der Waals surface area (Å²) in [5, 5.41) is 0. The number of rotatable bonds is 9. The van der Waals surface area contributed by atoms with Gasteiger partial charge in [-0.25, -0.2) is 0 Å². The van der Waals surface area contributed by atoms with E-state index in [1.165, 1.54) is 23.7 Å². The Morgan fingerprint density at radius 2 is 1.80 bits per heavy atom. The van der Waals surface area contributed by atoms with Crippen molar-refractivity contribution in [3.05, 3.63) is 42.0 Å². The molecule has 0 atom stereocenters. The molecule has 0 amide bonds. The average molecular weight is 292 g/mol. The van der Waals surface area contributed by atoms with Gasteiger partial charge in [-0.3, -0.25) is 0 Å². The fraction of sp³-hybridized carbons (Fsp3) is 0.529. The van der Waals surface area contributed by atoms with Crippen LogP contribution in [0.1, 0.15) is 26.3 Å². The highest BCUT2D eigenvalue weighted by molar-refractivity contribution is 6.73. The molecule has 0 fully saturated rings. The molecule has 0 heterocycles. The zero-order valence-corrected chi connectivity index (χ0v) is 14.4. The number of hydrogen-bond donors (Lipinski definition) is 0. The lowest BCUT2D eigenvalue weighted by atomic mass is 10.1. The van der Waals surface area contributed by atoms with Crippen LogP contribution in [0.25, 0.3) is 0 Å². The van der Waals surface area contributed by atoms with Crippen LogP contribution in [0.5, 0.6) is 5.75 Å².